The van der Waals surface area contributed by atoms with E-state index in [1.807, 2.05) is 18.2 Å². The van der Waals surface area contributed by atoms with Crippen molar-refractivity contribution in [2.24, 2.45) is 0 Å². The summed E-state index contributed by atoms with van der Waals surface area (Å²) in [4.78, 5) is 14.4. The Labute approximate surface area is 156 Å². The Balaban J connectivity index is 1.86. The van der Waals surface area contributed by atoms with Gasteiger partial charge in [-0.1, -0.05) is 12.1 Å². The molecule has 2 rings (SSSR count). The molecule has 0 radical (unpaired) electrons. The highest BCUT2D eigenvalue weighted by molar-refractivity contribution is 7.89. The zero-order chi connectivity index (χ0) is 19.0. The van der Waals surface area contributed by atoms with Crippen molar-refractivity contribution in [2.75, 3.05) is 52.2 Å². The minimum atomic E-state index is -3.10. The lowest BCUT2D eigenvalue weighted by atomic mass is 10.1. The largest absolute Gasteiger partial charge is 0.385 e. The fourth-order valence-electron chi connectivity index (χ4n) is 2.94. The van der Waals surface area contributed by atoms with Gasteiger partial charge >= 0.3 is 0 Å². The highest BCUT2D eigenvalue weighted by Crippen LogP contribution is 2.13. The van der Waals surface area contributed by atoms with Gasteiger partial charge in [0.1, 0.15) is 0 Å². The fourth-order valence-corrected chi connectivity index (χ4v) is 4.02. The van der Waals surface area contributed by atoms with Crippen LogP contribution < -0.4 is 5.32 Å². The molecule has 0 saturated carbocycles. The molecule has 1 aliphatic heterocycles. The predicted octanol–water partition coefficient (Wildman–Crippen LogP) is 0.920. The maximum absolute atomic E-state index is 12.2. The van der Waals surface area contributed by atoms with Crippen LogP contribution in [0.4, 0.5) is 0 Å². The maximum atomic E-state index is 12.2. The summed E-state index contributed by atoms with van der Waals surface area (Å²) in [6.45, 7) is 6.05. The average molecular weight is 384 g/mol. The number of ether oxygens (including phenoxy) is 1. The van der Waals surface area contributed by atoms with Gasteiger partial charge in [-0.25, -0.2) is 8.42 Å². The molecule has 1 N–H and O–H groups in total. The molecule has 146 valence electrons. The summed E-state index contributed by atoms with van der Waals surface area (Å²) in [6, 6.07) is 7.59. The van der Waals surface area contributed by atoms with Gasteiger partial charge in [0.05, 0.1) is 5.75 Å². The van der Waals surface area contributed by atoms with Crippen LogP contribution in [0.5, 0.6) is 0 Å². The van der Waals surface area contributed by atoms with Crippen molar-refractivity contribution in [1.82, 2.24) is 14.5 Å². The number of nitrogens with one attached hydrogen (secondary N) is 1. The third-order valence-corrected chi connectivity index (χ3v) is 6.38. The summed E-state index contributed by atoms with van der Waals surface area (Å²) in [6.07, 6.45) is 0.785. The Hall–Kier alpha value is -1.48. The second-order valence-corrected chi connectivity index (χ2v) is 8.64. The van der Waals surface area contributed by atoms with E-state index in [2.05, 4.69) is 10.2 Å². The average Bonchev–Trinajstić information content (AvgIpc) is 2.66. The third kappa shape index (κ3) is 6.05. The molecule has 7 nitrogen and oxygen atoms in total. The van der Waals surface area contributed by atoms with Crippen LogP contribution in [0.25, 0.3) is 0 Å². The van der Waals surface area contributed by atoms with E-state index in [-0.39, 0.29) is 11.7 Å². The van der Waals surface area contributed by atoms with E-state index in [0.717, 1.165) is 12.0 Å². The number of hydrogen-bond acceptors (Lipinski definition) is 5. The van der Waals surface area contributed by atoms with Crippen molar-refractivity contribution in [2.45, 2.75) is 19.9 Å². The van der Waals surface area contributed by atoms with Crippen LogP contribution >= 0.6 is 0 Å². The lowest BCUT2D eigenvalue weighted by Gasteiger charge is -2.33. The lowest BCUT2D eigenvalue weighted by molar-refractivity contribution is 0.0948. The monoisotopic (exact) mass is 383 g/mol. The minimum Gasteiger partial charge on any atom is -0.385 e. The van der Waals surface area contributed by atoms with E-state index in [4.69, 9.17) is 4.74 Å². The van der Waals surface area contributed by atoms with Crippen LogP contribution in [0.2, 0.25) is 0 Å². The summed E-state index contributed by atoms with van der Waals surface area (Å²) >= 11 is 0. The number of carbonyl (C=O) groups excluding carboxylic acids is 1. The summed E-state index contributed by atoms with van der Waals surface area (Å²) in [5.41, 5.74) is 1.70. The van der Waals surface area contributed by atoms with Crippen molar-refractivity contribution < 1.29 is 17.9 Å². The zero-order valence-electron chi connectivity index (χ0n) is 15.6. The van der Waals surface area contributed by atoms with Gasteiger partial charge in [-0.15, -0.1) is 0 Å². The topological polar surface area (TPSA) is 79.0 Å². The van der Waals surface area contributed by atoms with Gasteiger partial charge in [-0.05, 0) is 31.0 Å². The van der Waals surface area contributed by atoms with E-state index in [0.29, 0.717) is 51.4 Å². The van der Waals surface area contributed by atoms with Crippen LogP contribution in [0.3, 0.4) is 0 Å². The molecular weight excluding hydrogens is 354 g/mol. The number of hydrogen-bond donors (Lipinski definition) is 1. The first-order valence-electron chi connectivity index (χ1n) is 9.02. The highest BCUT2D eigenvalue weighted by atomic mass is 32.2. The molecule has 8 heteroatoms. The Morgan fingerprint density at radius 3 is 2.62 bits per heavy atom. The minimum absolute atomic E-state index is 0.0817. The summed E-state index contributed by atoms with van der Waals surface area (Å²) < 4.78 is 30.4. The molecule has 1 fully saturated rings. The van der Waals surface area contributed by atoms with Crippen LogP contribution in [-0.2, 0) is 21.3 Å². The molecule has 1 saturated heterocycles. The number of rotatable bonds is 9. The predicted molar refractivity (Wildman–Crippen MR) is 102 cm³/mol. The number of carbonyl (C=O) groups is 1. The molecule has 0 spiro atoms. The van der Waals surface area contributed by atoms with E-state index in [1.165, 1.54) is 0 Å². The van der Waals surface area contributed by atoms with E-state index >= 15 is 0 Å². The van der Waals surface area contributed by atoms with Crippen molar-refractivity contribution in [3.63, 3.8) is 0 Å². The molecule has 1 aromatic rings. The van der Waals surface area contributed by atoms with Gasteiger partial charge < -0.3 is 10.1 Å². The second-order valence-electron chi connectivity index (χ2n) is 6.38. The second kappa shape index (κ2) is 10.0. The molecule has 0 atom stereocenters. The van der Waals surface area contributed by atoms with E-state index < -0.39 is 10.0 Å². The number of methoxy groups -OCH3 is 1. The smallest absolute Gasteiger partial charge is 0.251 e. The van der Waals surface area contributed by atoms with Crippen LogP contribution in [0.1, 0.15) is 29.3 Å². The third-order valence-electron chi connectivity index (χ3n) is 4.50. The summed E-state index contributed by atoms with van der Waals surface area (Å²) in [7, 11) is -1.46. The first kappa shape index (κ1) is 20.8. The first-order chi connectivity index (χ1) is 12.5. The SMILES string of the molecule is CCS(=O)(=O)N1CCN(Cc2cccc(C(=O)NCCCOC)c2)CC1. The van der Waals surface area contributed by atoms with Crippen LogP contribution in [0.15, 0.2) is 24.3 Å². The van der Waals surface area contributed by atoms with Gasteiger partial charge in [-0.2, -0.15) is 4.31 Å². The molecule has 1 amide bonds. The standard InChI is InChI=1S/C18H29N3O4S/c1-3-26(23,24)21-11-9-20(10-12-21)15-16-6-4-7-17(14-16)18(22)19-8-5-13-25-2/h4,6-7,14H,3,5,8-13,15H2,1-2H3,(H,19,22). The normalized spacial score (nSPS) is 16.5. The van der Waals surface area contributed by atoms with Crippen LogP contribution in [-0.4, -0.2) is 75.7 Å². The molecule has 1 aromatic carbocycles. The van der Waals surface area contributed by atoms with Crippen molar-refractivity contribution in [3.8, 4) is 0 Å². The number of sulfonamides is 1. The molecule has 0 aliphatic carbocycles. The van der Waals surface area contributed by atoms with Gasteiger partial charge in [0.25, 0.3) is 5.91 Å². The number of piperazine rings is 1. The zero-order valence-corrected chi connectivity index (χ0v) is 16.4. The quantitative estimate of drug-likeness (QED) is 0.642. The number of nitrogens with zero attached hydrogens (tertiary/aromatic N) is 2. The maximum Gasteiger partial charge on any atom is 0.251 e. The Morgan fingerprint density at radius 2 is 1.96 bits per heavy atom. The Morgan fingerprint density at radius 1 is 1.23 bits per heavy atom. The molecule has 1 heterocycles. The molecule has 26 heavy (non-hydrogen) atoms. The summed E-state index contributed by atoms with van der Waals surface area (Å²) in [5.74, 6) is 0.0657. The molecule has 0 aromatic heterocycles. The van der Waals surface area contributed by atoms with Gasteiger partial charge in [0.15, 0.2) is 0 Å². The molecule has 1 aliphatic rings. The van der Waals surface area contributed by atoms with Crippen molar-refractivity contribution in [1.29, 1.82) is 0 Å². The summed E-state index contributed by atoms with van der Waals surface area (Å²) in [5, 5.41) is 2.89. The Bertz CT molecular complexity index is 685. The molecular formula is C18H29N3O4S. The van der Waals surface area contributed by atoms with E-state index in [1.54, 1.807) is 24.4 Å². The van der Waals surface area contributed by atoms with E-state index in [9.17, 15) is 13.2 Å². The Kier molecular flexibility index (Phi) is 8.02. The molecule has 0 unspecified atom stereocenters. The molecule has 0 bridgehead atoms. The van der Waals surface area contributed by atoms with Gasteiger partial charge in [0.2, 0.25) is 10.0 Å². The highest BCUT2D eigenvalue weighted by Gasteiger charge is 2.25. The number of benzene rings is 1. The van der Waals surface area contributed by atoms with Gasteiger partial charge in [0, 0.05) is 58.5 Å². The first-order valence-corrected chi connectivity index (χ1v) is 10.6. The lowest BCUT2D eigenvalue weighted by Crippen LogP contribution is -2.48. The number of amides is 1. The van der Waals surface area contributed by atoms with Gasteiger partial charge in [-0.3, -0.25) is 9.69 Å². The fraction of sp³-hybridized carbons (Fsp3) is 0.611. The van der Waals surface area contributed by atoms with Crippen LogP contribution in [0, 0.1) is 0 Å². The van der Waals surface area contributed by atoms with Crippen molar-refractivity contribution >= 4 is 15.9 Å². The van der Waals surface area contributed by atoms with Crippen molar-refractivity contribution in [3.05, 3.63) is 35.4 Å².